The zero-order chi connectivity index (χ0) is 9.68. The maximum Gasteiger partial charge on any atom is 1.00 e. The Morgan fingerprint density at radius 3 is 2.27 bits per heavy atom. The van der Waals surface area contributed by atoms with Crippen molar-refractivity contribution in [3.05, 3.63) is 29.8 Å². The summed E-state index contributed by atoms with van der Waals surface area (Å²) in [5.74, 6) is 1.63. The van der Waals surface area contributed by atoms with Crippen molar-refractivity contribution in [3.8, 4) is 12.3 Å². The van der Waals surface area contributed by atoms with Crippen LogP contribution in [0.3, 0.4) is 0 Å². The van der Waals surface area contributed by atoms with E-state index in [2.05, 4.69) is 11.2 Å². The fourth-order valence-corrected chi connectivity index (χ4v) is 0.806. The smallest absolute Gasteiger partial charge is 0.870 e. The second-order valence-corrected chi connectivity index (χ2v) is 2.28. The van der Waals surface area contributed by atoms with Crippen LogP contribution in [-0.2, 0) is 9.59 Å². The van der Waals surface area contributed by atoms with Crippen LogP contribution in [0.5, 0.6) is 0 Å². The predicted molar refractivity (Wildman–Crippen MR) is 50.6 cm³/mol. The zero-order valence-corrected chi connectivity index (χ0v) is 10.2. The molecule has 0 aliphatic rings. The molecule has 1 rings (SSSR count). The van der Waals surface area contributed by atoms with Crippen LogP contribution in [0.4, 0.5) is 5.69 Å². The average Bonchev–Trinajstić information content (AvgIpc) is 2.19. The summed E-state index contributed by atoms with van der Waals surface area (Å²) in [5.41, 5.74) is 1.24. The summed E-state index contributed by atoms with van der Waals surface area (Å²) in [7, 11) is 0. The molecule has 4 nitrogen and oxygen atoms in total. The fourth-order valence-electron chi connectivity index (χ4n) is 0.806. The summed E-state index contributed by atoms with van der Waals surface area (Å²) < 4.78 is 0. The molecule has 2 N–H and O–H groups in total. The maximum absolute atomic E-state index is 10.6. The Morgan fingerprint density at radius 2 is 1.87 bits per heavy atom. The topological polar surface area (TPSA) is 76.2 Å². The van der Waals surface area contributed by atoms with Crippen LogP contribution in [0.15, 0.2) is 24.3 Å². The number of amides is 1. The quantitative estimate of drug-likeness (QED) is 0.256. The molecule has 0 aliphatic carbocycles. The van der Waals surface area contributed by atoms with Crippen molar-refractivity contribution < 1.29 is 44.6 Å². The number of terminal acetylenes is 1. The molecule has 15 heavy (non-hydrogen) atoms. The summed E-state index contributed by atoms with van der Waals surface area (Å²) >= 11 is 0. The molecule has 72 valence electrons. The molecule has 5 heteroatoms. The van der Waals surface area contributed by atoms with Gasteiger partial charge in [-0.3, -0.25) is 0 Å². The fraction of sp³-hybridized carbons (Fsp3) is 0. The Kier molecular flexibility index (Phi) is 8.93. The first kappa shape index (κ1) is 16.3. The van der Waals surface area contributed by atoms with Crippen LogP contribution in [0, 0.1) is 12.3 Å². The zero-order valence-electron chi connectivity index (χ0n) is 8.15. The van der Waals surface area contributed by atoms with E-state index in [9.17, 15) is 9.59 Å². The third kappa shape index (κ3) is 5.35. The van der Waals surface area contributed by atoms with E-state index in [1.807, 2.05) is 0 Å². The molecule has 1 aromatic carbocycles. The van der Waals surface area contributed by atoms with E-state index in [1.54, 1.807) is 24.3 Å². The Bertz CT molecular complexity index is 367. The molecule has 0 fully saturated rings. The summed E-state index contributed by atoms with van der Waals surface area (Å²) in [6, 6.07) is 6.57. The van der Waals surface area contributed by atoms with E-state index in [0.717, 1.165) is 0 Å². The van der Waals surface area contributed by atoms with Crippen LogP contribution in [0.1, 0.15) is 5.56 Å². The molecule has 0 spiro atoms. The number of nitrogens with one attached hydrogen (secondary N) is 1. The summed E-state index contributed by atoms with van der Waals surface area (Å²) in [5, 5.41) is 2.31. The van der Waals surface area contributed by atoms with Gasteiger partial charge in [0, 0.05) is 11.3 Å². The molecule has 0 aliphatic heterocycles. The first-order chi connectivity index (χ1) is 6.26. The Labute approximate surface area is 110 Å². The van der Waals surface area contributed by atoms with Gasteiger partial charge in [-0.1, -0.05) is 5.92 Å². The van der Waals surface area contributed by atoms with Gasteiger partial charge in [0.1, 0.15) is 5.91 Å². The van der Waals surface area contributed by atoms with Crippen LogP contribution in [0.25, 0.3) is 0 Å². The number of carbonyl (C=O) groups excluding carboxylic acids is 2. The molecule has 1 aromatic rings. The van der Waals surface area contributed by atoms with Crippen LogP contribution < -0.4 is 34.9 Å². The molecule has 0 saturated heterocycles. The van der Waals surface area contributed by atoms with Crippen molar-refractivity contribution in [2.24, 2.45) is 0 Å². The van der Waals surface area contributed by atoms with Gasteiger partial charge >= 0.3 is 29.6 Å². The third-order valence-electron chi connectivity index (χ3n) is 1.40. The van der Waals surface area contributed by atoms with Gasteiger partial charge in [-0.05, 0) is 24.3 Å². The van der Waals surface area contributed by atoms with Crippen molar-refractivity contribution >= 4 is 17.9 Å². The summed E-state index contributed by atoms with van der Waals surface area (Å²) in [4.78, 5) is 20.4. The number of benzene rings is 1. The third-order valence-corrected chi connectivity index (χ3v) is 1.40. The number of hydrogen-bond donors (Lipinski definition) is 1. The maximum atomic E-state index is 10.6. The Hall–Kier alpha value is -1.12. The minimum Gasteiger partial charge on any atom is -0.870 e. The van der Waals surface area contributed by atoms with Crippen molar-refractivity contribution in [2.75, 3.05) is 5.32 Å². The molecular weight excluding hydrogens is 205 g/mol. The number of rotatable bonds is 2. The minimum atomic E-state index is -0.798. The van der Waals surface area contributed by atoms with Gasteiger partial charge in [0.25, 0.3) is 0 Å². The summed E-state index contributed by atoms with van der Waals surface area (Å²) in [6.45, 7) is 0. The van der Waals surface area contributed by atoms with Gasteiger partial charge in [0.05, 0.1) is 0 Å². The van der Waals surface area contributed by atoms with Crippen LogP contribution in [0.2, 0.25) is 0 Å². The molecule has 0 bridgehead atoms. The first-order valence-corrected chi connectivity index (χ1v) is 3.52. The molecule has 0 radical (unpaired) electrons. The Morgan fingerprint density at radius 1 is 1.33 bits per heavy atom. The van der Waals surface area contributed by atoms with Gasteiger partial charge in [0.2, 0.25) is 0 Å². The van der Waals surface area contributed by atoms with Gasteiger partial charge in [-0.25, -0.2) is 0 Å². The number of anilines is 1. The van der Waals surface area contributed by atoms with E-state index in [4.69, 9.17) is 6.42 Å². The SMILES string of the molecule is C#Cc1ccc(NC(=O)[C-]=O)cc1.[Na+].[OH-]. The largest absolute Gasteiger partial charge is 1.00 e. The molecule has 0 aromatic heterocycles. The average molecular weight is 212 g/mol. The minimum absolute atomic E-state index is 0. The van der Waals surface area contributed by atoms with Crippen molar-refractivity contribution in [3.63, 3.8) is 0 Å². The predicted octanol–water partition coefficient (Wildman–Crippen LogP) is -2.46. The first-order valence-electron chi connectivity index (χ1n) is 3.52. The molecule has 0 unspecified atom stereocenters. The number of carbonyl (C=O) groups is 1. The number of hydrogen-bond acceptors (Lipinski definition) is 3. The molecule has 0 saturated carbocycles. The van der Waals surface area contributed by atoms with Crippen LogP contribution >= 0.6 is 0 Å². The van der Waals surface area contributed by atoms with Crippen LogP contribution in [-0.4, -0.2) is 17.7 Å². The van der Waals surface area contributed by atoms with Gasteiger partial charge in [-0.2, -0.15) is 6.29 Å². The second kappa shape index (κ2) is 8.21. The van der Waals surface area contributed by atoms with E-state index in [0.29, 0.717) is 11.3 Å². The monoisotopic (exact) mass is 212 g/mol. The molecule has 1 amide bonds. The van der Waals surface area contributed by atoms with E-state index < -0.39 is 5.91 Å². The standard InChI is InChI=1S/C10H6NO2.Na.H2O/c1-2-8-3-5-9(6-4-8)11-10(13)7-12;;/h1,3-6H,(H,11,13);;1H2/q-1;+1;/p-1. The van der Waals surface area contributed by atoms with Crippen molar-refractivity contribution in [1.82, 2.24) is 0 Å². The van der Waals surface area contributed by atoms with Gasteiger partial charge in [0.15, 0.2) is 0 Å². The van der Waals surface area contributed by atoms with E-state index >= 15 is 0 Å². The van der Waals surface area contributed by atoms with Gasteiger partial charge < -0.3 is 20.4 Å². The second-order valence-electron chi connectivity index (χ2n) is 2.28. The molecule has 0 atom stereocenters. The Balaban J connectivity index is 0. The van der Waals surface area contributed by atoms with E-state index in [-0.39, 0.29) is 35.0 Å². The summed E-state index contributed by atoms with van der Waals surface area (Å²) in [6.07, 6.45) is 6.33. The molecular formula is C10H7NNaO3-. The van der Waals surface area contributed by atoms with Crippen molar-refractivity contribution in [2.45, 2.75) is 0 Å². The van der Waals surface area contributed by atoms with E-state index in [1.165, 1.54) is 6.29 Å². The van der Waals surface area contributed by atoms with Gasteiger partial charge in [-0.15, -0.1) is 6.42 Å². The van der Waals surface area contributed by atoms with Crippen molar-refractivity contribution in [1.29, 1.82) is 0 Å². The molecule has 0 heterocycles. The normalized spacial score (nSPS) is 7.40.